The van der Waals surface area contributed by atoms with Crippen molar-refractivity contribution in [2.45, 2.75) is 6.54 Å². The van der Waals surface area contributed by atoms with Gasteiger partial charge < -0.3 is 9.30 Å². The standard InChI is InChI=1S/C22H16ClN5O2/c1-30-16-8-6-14(7-9-16)20-25-22-24-12-17-19(28(22)26-20)10-11-27(21(17)29)13-15-4-2-3-5-18(15)23/h2-12H,13H2,1H3. The van der Waals surface area contributed by atoms with Crippen LogP contribution in [-0.4, -0.2) is 31.3 Å². The van der Waals surface area contributed by atoms with Gasteiger partial charge in [0.1, 0.15) is 5.75 Å². The number of methoxy groups -OCH3 is 1. The molecule has 0 amide bonds. The molecule has 5 aromatic rings. The number of hydrogen-bond acceptors (Lipinski definition) is 5. The van der Waals surface area contributed by atoms with Crippen LogP contribution in [0.25, 0.3) is 28.1 Å². The summed E-state index contributed by atoms with van der Waals surface area (Å²) in [6.07, 6.45) is 3.28. The zero-order valence-corrected chi connectivity index (χ0v) is 16.7. The molecule has 8 heteroatoms. The van der Waals surface area contributed by atoms with Gasteiger partial charge in [-0.3, -0.25) is 4.79 Å². The summed E-state index contributed by atoms with van der Waals surface area (Å²) < 4.78 is 8.40. The maximum Gasteiger partial charge on any atom is 0.261 e. The van der Waals surface area contributed by atoms with E-state index >= 15 is 0 Å². The van der Waals surface area contributed by atoms with E-state index in [2.05, 4.69) is 15.1 Å². The number of aromatic nitrogens is 5. The van der Waals surface area contributed by atoms with Gasteiger partial charge in [0.25, 0.3) is 11.3 Å². The minimum absolute atomic E-state index is 0.164. The van der Waals surface area contributed by atoms with Gasteiger partial charge in [-0.1, -0.05) is 29.8 Å². The van der Waals surface area contributed by atoms with Crippen molar-refractivity contribution in [2.24, 2.45) is 0 Å². The highest BCUT2D eigenvalue weighted by atomic mass is 35.5. The Hall–Kier alpha value is -3.71. The molecule has 0 aliphatic carbocycles. The molecule has 3 aromatic heterocycles. The Bertz CT molecular complexity index is 1440. The molecule has 0 aliphatic heterocycles. The number of nitrogens with zero attached hydrogens (tertiary/aromatic N) is 5. The minimum atomic E-state index is -0.164. The lowest BCUT2D eigenvalue weighted by Gasteiger charge is -2.09. The zero-order chi connectivity index (χ0) is 20.7. The van der Waals surface area contributed by atoms with E-state index in [4.69, 9.17) is 16.3 Å². The van der Waals surface area contributed by atoms with Crippen LogP contribution in [0, 0.1) is 0 Å². The summed E-state index contributed by atoms with van der Waals surface area (Å²) in [5, 5.41) is 5.65. The highest BCUT2D eigenvalue weighted by molar-refractivity contribution is 6.31. The normalized spacial score (nSPS) is 11.3. The number of fused-ring (bicyclic) bond motifs is 3. The second-order valence-electron chi connectivity index (χ2n) is 6.77. The monoisotopic (exact) mass is 417 g/mol. The fourth-order valence-electron chi connectivity index (χ4n) is 3.36. The van der Waals surface area contributed by atoms with Crippen LogP contribution in [0.15, 0.2) is 71.8 Å². The summed E-state index contributed by atoms with van der Waals surface area (Å²) in [6.45, 7) is 0.376. The molecule has 7 nitrogen and oxygen atoms in total. The third-order valence-corrected chi connectivity index (χ3v) is 5.32. The molecule has 3 heterocycles. The van der Waals surface area contributed by atoms with E-state index in [1.165, 1.54) is 0 Å². The average molecular weight is 418 g/mol. The van der Waals surface area contributed by atoms with Crippen molar-refractivity contribution >= 4 is 28.3 Å². The fourth-order valence-corrected chi connectivity index (χ4v) is 3.55. The minimum Gasteiger partial charge on any atom is -0.497 e. The lowest BCUT2D eigenvalue weighted by molar-refractivity contribution is 0.415. The smallest absolute Gasteiger partial charge is 0.261 e. The van der Waals surface area contributed by atoms with Gasteiger partial charge in [-0.25, -0.2) is 4.98 Å². The second-order valence-corrected chi connectivity index (χ2v) is 7.18. The first-order chi connectivity index (χ1) is 14.6. The van der Waals surface area contributed by atoms with E-state index in [0.717, 1.165) is 16.9 Å². The first kappa shape index (κ1) is 18.3. The lowest BCUT2D eigenvalue weighted by atomic mass is 10.2. The van der Waals surface area contributed by atoms with Gasteiger partial charge in [-0.05, 0) is 42.0 Å². The van der Waals surface area contributed by atoms with Crippen LogP contribution in [0.1, 0.15) is 5.56 Å². The molecule has 0 saturated heterocycles. The Balaban J connectivity index is 1.60. The zero-order valence-electron chi connectivity index (χ0n) is 16.0. The SMILES string of the molecule is COc1ccc(-c2nc3ncc4c(=O)n(Cc5ccccc5Cl)ccc4n3n2)cc1. The summed E-state index contributed by atoms with van der Waals surface area (Å²) in [5.74, 6) is 1.71. The molecule has 0 fully saturated rings. The second kappa shape index (κ2) is 7.27. The maximum absolute atomic E-state index is 13.0. The van der Waals surface area contributed by atoms with Gasteiger partial charge in [0.05, 0.1) is 24.6 Å². The number of rotatable bonds is 4. The van der Waals surface area contributed by atoms with Crippen molar-refractivity contribution in [3.8, 4) is 17.1 Å². The largest absolute Gasteiger partial charge is 0.497 e. The van der Waals surface area contributed by atoms with E-state index in [-0.39, 0.29) is 5.56 Å². The highest BCUT2D eigenvalue weighted by Crippen LogP contribution is 2.21. The molecule has 2 aromatic carbocycles. The molecule has 0 atom stereocenters. The fraction of sp³-hybridized carbons (Fsp3) is 0.0909. The van der Waals surface area contributed by atoms with Crippen LogP contribution in [-0.2, 0) is 6.54 Å². The lowest BCUT2D eigenvalue weighted by Crippen LogP contribution is -2.21. The predicted molar refractivity (Wildman–Crippen MR) is 115 cm³/mol. The van der Waals surface area contributed by atoms with Gasteiger partial charge in [0.15, 0.2) is 5.82 Å². The van der Waals surface area contributed by atoms with Crippen molar-refractivity contribution in [1.29, 1.82) is 0 Å². The summed E-state index contributed by atoms with van der Waals surface area (Å²) in [7, 11) is 1.62. The Kier molecular flexibility index (Phi) is 4.44. The number of ether oxygens (including phenoxy) is 1. The molecular weight excluding hydrogens is 402 g/mol. The summed E-state index contributed by atoms with van der Waals surface area (Å²) >= 11 is 6.24. The molecule has 0 aliphatic rings. The Labute approximate surface area is 176 Å². The van der Waals surface area contributed by atoms with Crippen LogP contribution < -0.4 is 10.3 Å². The van der Waals surface area contributed by atoms with Gasteiger partial charge in [0, 0.05) is 23.0 Å². The molecule has 0 spiro atoms. The van der Waals surface area contributed by atoms with Gasteiger partial charge in [-0.2, -0.15) is 9.50 Å². The number of benzene rings is 2. The van der Waals surface area contributed by atoms with Gasteiger partial charge >= 0.3 is 0 Å². The molecule has 148 valence electrons. The molecule has 0 radical (unpaired) electrons. The maximum atomic E-state index is 13.0. The third-order valence-electron chi connectivity index (χ3n) is 4.95. The first-order valence-electron chi connectivity index (χ1n) is 9.27. The average Bonchev–Trinajstić information content (AvgIpc) is 3.22. The van der Waals surface area contributed by atoms with Crippen molar-refractivity contribution in [3.05, 3.63) is 87.9 Å². The molecule has 0 N–H and O–H groups in total. The molecule has 0 bridgehead atoms. The Morgan fingerprint density at radius 1 is 1.07 bits per heavy atom. The summed E-state index contributed by atoms with van der Waals surface area (Å²) in [5.41, 5.74) is 2.19. The van der Waals surface area contributed by atoms with Crippen molar-refractivity contribution < 1.29 is 4.74 Å². The van der Waals surface area contributed by atoms with Crippen LogP contribution >= 0.6 is 11.6 Å². The quantitative estimate of drug-likeness (QED) is 0.444. The highest BCUT2D eigenvalue weighted by Gasteiger charge is 2.13. The predicted octanol–water partition coefficient (Wildman–Crippen LogP) is 3.82. The molecule has 0 saturated carbocycles. The topological polar surface area (TPSA) is 74.3 Å². The number of halogens is 1. The summed E-state index contributed by atoms with van der Waals surface area (Å²) in [6, 6.07) is 16.8. The van der Waals surface area contributed by atoms with E-state index in [1.54, 1.807) is 28.6 Å². The van der Waals surface area contributed by atoms with Crippen LogP contribution in [0.4, 0.5) is 0 Å². The van der Waals surface area contributed by atoms with Crippen LogP contribution in [0.2, 0.25) is 5.02 Å². The van der Waals surface area contributed by atoms with E-state index in [9.17, 15) is 4.79 Å². The summed E-state index contributed by atoms with van der Waals surface area (Å²) in [4.78, 5) is 21.9. The molecule has 30 heavy (non-hydrogen) atoms. The number of pyridine rings is 1. The van der Waals surface area contributed by atoms with E-state index in [0.29, 0.717) is 34.1 Å². The van der Waals surface area contributed by atoms with Gasteiger partial charge in [-0.15, -0.1) is 5.10 Å². The molecule has 5 rings (SSSR count). The number of hydrogen-bond donors (Lipinski definition) is 0. The van der Waals surface area contributed by atoms with Crippen molar-refractivity contribution in [2.75, 3.05) is 7.11 Å². The first-order valence-corrected chi connectivity index (χ1v) is 9.64. The molecular formula is C22H16ClN5O2. The Morgan fingerprint density at radius 3 is 2.63 bits per heavy atom. The third kappa shape index (κ3) is 3.09. The molecule has 0 unspecified atom stereocenters. The van der Waals surface area contributed by atoms with Gasteiger partial charge in [0.2, 0.25) is 0 Å². The van der Waals surface area contributed by atoms with E-state index in [1.807, 2.05) is 54.6 Å². The van der Waals surface area contributed by atoms with E-state index < -0.39 is 0 Å². The van der Waals surface area contributed by atoms with Crippen LogP contribution in [0.5, 0.6) is 5.75 Å². The Morgan fingerprint density at radius 2 is 1.87 bits per heavy atom. The van der Waals surface area contributed by atoms with Crippen LogP contribution in [0.3, 0.4) is 0 Å². The van der Waals surface area contributed by atoms with Crippen molar-refractivity contribution in [3.63, 3.8) is 0 Å². The van der Waals surface area contributed by atoms with Crippen molar-refractivity contribution in [1.82, 2.24) is 24.1 Å².